The minimum absolute atomic E-state index is 0.0872. The molecule has 0 fully saturated rings. The maximum absolute atomic E-state index is 13.1. The van der Waals surface area contributed by atoms with Crippen molar-refractivity contribution in [2.75, 3.05) is 17.6 Å². The lowest BCUT2D eigenvalue weighted by molar-refractivity contribution is 0.586. The lowest BCUT2D eigenvalue weighted by Gasteiger charge is -2.17. The molecule has 4 rings (SSSR count). The first-order chi connectivity index (χ1) is 13.3. The van der Waals surface area contributed by atoms with Gasteiger partial charge < -0.3 is 11.1 Å². The number of nitrogen functional groups attached to an aromatic ring is 1. The highest BCUT2D eigenvalue weighted by molar-refractivity contribution is 5.64. The molecular formula is C22H21N5O. The zero-order chi connectivity index (χ0) is 19.9. The van der Waals surface area contributed by atoms with Crippen molar-refractivity contribution in [1.82, 2.24) is 14.5 Å². The smallest absolute Gasteiger partial charge is 0.271 e. The summed E-state index contributed by atoms with van der Waals surface area (Å²) in [6.07, 6.45) is 4.87. The minimum atomic E-state index is -0.152. The molecular weight excluding hydrogens is 350 g/mol. The van der Waals surface area contributed by atoms with Crippen LogP contribution in [0, 0.1) is 18.8 Å². The van der Waals surface area contributed by atoms with Gasteiger partial charge in [-0.05, 0) is 36.2 Å². The molecule has 0 bridgehead atoms. The fourth-order valence-electron chi connectivity index (χ4n) is 3.35. The molecule has 28 heavy (non-hydrogen) atoms. The summed E-state index contributed by atoms with van der Waals surface area (Å²) in [5.41, 5.74) is 10.5. The third-order valence-corrected chi connectivity index (χ3v) is 5.04. The Morgan fingerprint density at radius 2 is 1.93 bits per heavy atom. The lowest BCUT2D eigenvalue weighted by atomic mass is 9.87. The van der Waals surface area contributed by atoms with Gasteiger partial charge in [-0.3, -0.25) is 9.36 Å². The van der Waals surface area contributed by atoms with Crippen molar-refractivity contribution in [3.63, 3.8) is 0 Å². The normalized spacial score (nSPS) is 14.0. The molecule has 140 valence electrons. The van der Waals surface area contributed by atoms with Gasteiger partial charge in [0.05, 0.1) is 16.8 Å². The van der Waals surface area contributed by atoms with Crippen LogP contribution in [-0.2, 0) is 5.41 Å². The Bertz CT molecular complexity index is 1180. The van der Waals surface area contributed by atoms with Crippen molar-refractivity contribution in [2.24, 2.45) is 0 Å². The number of nitrogens with two attached hydrogens (primary N) is 1. The molecule has 0 unspecified atom stereocenters. The fourth-order valence-corrected chi connectivity index (χ4v) is 3.35. The minimum Gasteiger partial charge on any atom is -0.384 e. The van der Waals surface area contributed by atoms with Gasteiger partial charge in [0.15, 0.2) is 0 Å². The van der Waals surface area contributed by atoms with E-state index in [4.69, 9.17) is 5.73 Å². The number of rotatable bonds is 1. The summed E-state index contributed by atoms with van der Waals surface area (Å²) >= 11 is 0. The molecule has 1 aliphatic heterocycles. The predicted molar refractivity (Wildman–Crippen MR) is 111 cm³/mol. The maximum Gasteiger partial charge on any atom is 0.271 e. The molecule has 0 saturated carbocycles. The van der Waals surface area contributed by atoms with Crippen LogP contribution < -0.4 is 16.6 Å². The van der Waals surface area contributed by atoms with Crippen LogP contribution in [-0.4, -0.2) is 21.1 Å². The van der Waals surface area contributed by atoms with E-state index in [1.54, 1.807) is 23.2 Å². The number of hydrogen-bond acceptors (Lipinski definition) is 5. The number of pyridine rings is 1. The molecule has 3 aromatic rings. The van der Waals surface area contributed by atoms with Crippen molar-refractivity contribution in [3.8, 4) is 17.5 Å². The van der Waals surface area contributed by atoms with Gasteiger partial charge in [-0.1, -0.05) is 31.8 Å². The number of nitrogens with zero attached hydrogens (tertiary/aromatic N) is 3. The molecule has 0 spiro atoms. The quantitative estimate of drug-likeness (QED) is 0.642. The Hall–Kier alpha value is -3.59. The highest BCUT2D eigenvalue weighted by Crippen LogP contribution is 2.37. The van der Waals surface area contributed by atoms with E-state index in [9.17, 15) is 4.79 Å². The Morgan fingerprint density at radius 1 is 1.18 bits per heavy atom. The van der Waals surface area contributed by atoms with Crippen LogP contribution in [0.5, 0.6) is 0 Å². The number of nitrogens with one attached hydrogen (secondary N) is 1. The second-order valence-corrected chi connectivity index (χ2v) is 7.60. The maximum atomic E-state index is 13.1. The molecule has 2 aromatic heterocycles. The summed E-state index contributed by atoms with van der Waals surface area (Å²) in [5, 5.41) is 3.43. The molecule has 0 atom stereocenters. The van der Waals surface area contributed by atoms with Gasteiger partial charge in [-0.15, -0.1) is 0 Å². The van der Waals surface area contributed by atoms with Gasteiger partial charge in [0.25, 0.3) is 5.56 Å². The van der Waals surface area contributed by atoms with E-state index in [2.05, 4.69) is 47.0 Å². The van der Waals surface area contributed by atoms with Crippen molar-refractivity contribution < 1.29 is 0 Å². The summed E-state index contributed by atoms with van der Waals surface area (Å²) in [7, 11) is 0. The number of aromatic nitrogens is 3. The van der Waals surface area contributed by atoms with Gasteiger partial charge in [0.2, 0.25) is 5.95 Å². The number of anilines is 2. The second-order valence-electron chi connectivity index (χ2n) is 7.60. The topological polar surface area (TPSA) is 85.8 Å². The van der Waals surface area contributed by atoms with E-state index in [0.717, 1.165) is 23.5 Å². The van der Waals surface area contributed by atoms with Crippen LogP contribution >= 0.6 is 0 Å². The summed E-state index contributed by atoms with van der Waals surface area (Å²) in [4.78, 5) is 20.9. The lowest BCUT2D eigenvalue weighted by Crippen LogP contribution is -2.21. The Labute approximate surface area is 163 Å². The molecule has 3 N–H and O–H groups in total. The van der Waals surface area contributed by atoms with Gasteiger partial charge in [-0.2, -0.15) is 0 Å². The van der Waals surface area contributed by atoms with Crippen LogP contribution in [0.15, 0.2) is 47.7 Å². The van der Waals surface area contributed by atoms with E-state index in [-0.39, 0.29) is 16.9 Å². The Balaban J connectivity index is 1.76. The fraction of sp³-hybridized carbons (Fsp3) is 0.227. The van der Waals surface area contributed by atoms with Crippen molar-refractivity contribution >= 4 is 11.6 Å². The average molecular weight is 371 g/mol. The zero-order valence-corrected chi connectivity index (χ0v) is 16.1. The highest BCUT2D eigenvalue weighted by Gasteiger charge is 2.29. The molecule has 0 radical (unpaired) electrons. The number of hydrogen-bond donors (Lipinski definition) is 2. The van der Waals surface area contributed by atoms with Crippen LogP contribution in [0.3, 0.4) is 0 Å². The van der Waals surface area contributed by atoms with Gasteiger partial charge in [0.1, 0.15) is 0 Å². The van der Waals surface area contributed by atoms with E-state index in [1.807, 2.05) is 25.1 Å². The van der Waals surface area contributed by atoms with Crippen molar-refractivity contribution in [1.29, 1.82) is 0 Å². The van der Waals surface area contributed by atoms with E-state index in [1.165, 1.54) is 5.56 Å². The summed E-state index contributed by atoms with van der Waals surface area (Å²) < 4.78 is 1.63. The third kappa shape index (κ3) is 3.12. The number of fused-ring (bicyclic) bond motifs is 1. The highest BCUT2D eigenvalue weighted by atomic mass is 16.1. The molecule has 0 saturated heterocycles. The average Bonchev–Trinajstić information content (AvgIpc) is 2.97. The number of aryl methyl sites for hydroxylation is 1. The first-order valence-corrected chi connectivity index (χ1v) is 9.06. The number of benzene rings is 1. The van der Waals surface area contributed by atoms with Gasteiger partial charge in [-0.25, -0.2) is 9.97 Å². The van der Waals surface area contributed by atoms with Gasteiger partial charge in [0, 0.05) is 36.2 Å². The molecule has 6 nitrogen and oxygen atoms in total. The monoisotopic (exact) mass is 371 g/mol. The summed E-state index contributed by atoms with van der Waals surface area (Å²) in [6.45, 7) is 7.17. The van der Waals surface area contributed by atoms with E-state index < -0.39 is 0 Å². The molecule has 0 amide bonds. The Kier molecular flexibility index (Phi) is 4.16. The standard InChI is InChI=1S/C22H21N5O/c1-14-8-9-27(16-5-7-18-19(10-16)26-13-22(18,2)3)20(28)17(14)6-4-15-11-24-21(23)25-12-15/h5,7-12,26H,13H2,1-3H3,(H2,23,24,25). The second kappa shape index (κ2) is 6.54. The molecule has 6 heteroatoms. The largest absolute Gasteiger partial charge is 0.384 e. The van der Waals surface area contributed by atoms with E-state index in [0.29, 0.717) is 11.1 Å². The predicted octanol–water partition coefficient (Wildman–Crippen LogP) is 2.62. The van der Waals surface area contributed by atoms with Crippen LogP contribution in [0.2, 0.25) is 0 Å². The summed E-state index contributed by atoms with van der Waals surface area (Å²) in [5.74, 6) is 6.11. The SMILES string of the molecule is Cc1ccn(-c2ccc3c(c2)NCC3(C)C)c(=O)c1C#Cc1cnc(N)nc1. The first-order valence-electron chi connectivity index (χ1n) is 9.06. The van der Waals surface area contributed by atoms with Crippen LogP contribution in [0.1, 0.15) is 36.1 Å². The molecule has 0 aliphatic carbocycles. The first kappa shape index (κ1) is 17.8. The Morgan fingerprint density at radius 3 is 2.68 bits per heavy atom. The van der Waals surface area contributed by atoms with E-state index >= 15 is 0 Å². The summed E-state index contributed by atoms with van der Waals surface area (Å²) in [6, 6.07) is 7.99. The molecule has 3 heterocycles. The van der Waals surface area contributed by atoms with Crippen LogP contribution in [0.4, 0.5) is 11.6 Å². The van der Waals surface area contributed by atoms with Crippen LogP contribution in [0.25, 0.3) is 5.69 Å². The zero-order valence-electron chi connectivity index (χ0n) is 16.1. The molecule has 1 aliphatic rings. The van der Waals surface area contributed by atoms with Crippen molar-refractivity contribution in [3.05, 3.63) is 75.5 Å². The van der Waals surface area contributed by atoms with Gasteiger partial charge >= 0.3 is 0 Å². The molecule has 1 aromatic carbocycles. The third-order valence-electron chi connectivity index (χ3n) is 5.04. The van der Waals surface area contributed by atoms with Crippen molar-refractivity contribution in [2.45, 2.75) is 26.2 Å².